The number of nitrogens with one attached hydrogen (secondary N) is 1. The zero-order chi connectivity index (χ0) is 16.6. The van der Waals surface area contributed by atoms with Gasteiger partial charge in [-0.05, 0) is 24.6 Å². The Kier molecular flexibility index (Phi) is 3.56. The van der Waals surface area contributed by atoms with E-state index in [2.05, 4.69) is 5.32 Å². The minimum Gasteiger partial charge on any atom is -0.491 e. The summed E-state index contributed by atoms with van der Waals surface area (Å²) in [6, 6.07) is 12.7. The Morgan fingerprint density at radius 2 is 1.91 bits per heavy atom. The monoisotopic (exact) mass is 311 g/mol. The van der Waals surface area contributed by atoms with Gasteiger partial charge >= 0.3 is 5.97 Å². The van der Waals surface area contributed by atoms with Crippen molar-refractivity contribution in [2.75, 3.05) is 13.7 Å². The molecule has 0 aliphatic carbocycles. The predicted octanol–water partition coefficient (Wildman–Crippen LogP) is 2.44. The first-order valence-electron chi connectivity index (χ1n) is 7.29. The fraction of sp³-hybridized carbons (Fsp3) is 0.222. The number of fused-ring (bicyclic) bond motifs is 1. The van der Waals surface area contributed by atoms with E-state index in [9.17, 15) is 14.7 Å². The van der Waals surface area contributed by atoms with Gasteiger partial charge in [0.05, 0.1) is 16.5 Å². The van der Waals surface area contributed by atoms with Crippen LogP contribution in [0.4, 0.5) is 0 Å². The highest BCUT2D eigenvalue weighted by Gasteiger charge is 2.40. The molecular formula is C18H17NO4. The van der Waals surface area contributed by atoms with Crippen LogP contribution in [-0.4, -0.2) is 30.6 Å². The van der Waals surface area contributed by atoms with Gasteiger partial charge in [-0.25, -0.2) is 4.79 Å². The summed E-state index contributed by atoms with van der Waals surface area (Å²) in [5, 5.41) is 11.9. The number of rotatable bonds is 3. The molecule has 1 heterocycles. The molecule has 3 rings (SSSR count). The lowest BCUT2D eigenvalue weighted by molar-refractivity contribution is 0.0696. The van der Waals surface area contributed by atoms with E-state index in [0.29, 0.717) is 12.4 Å². The van der Waals surface area contributed by atoms with E-state index in [1.807, 2.05) is 37.3 Å². The molecule has 5 heteroatoms. The van der Waals surface area contributed by atoms with Crippen LogP contribution in [0.5, 0.6) is 5.75 Å². The first-order chi connectivity index (χ1) is 11.0. The Morgan fingerprint density at radius 1 is 1.22 bits per heavy atom. The van der Waals surface area contributed by atoms with Crippen LogP contribution >= 0.6 is 0 Å². The highest BCUT2D eigenvalue weighted by atomic mass is 16.5. The predicted molar refractivity (Wildman–Crippen MR) is 85.2 cm³/mol. The van der Waals surface area contributed by atoms with Crippen LogP contribution in [0.3, 0.4) is 0 Å². The lowest BCUT2D eigenvalue weighted by Gasteiger charge is -2.23. The number of ether oxygens (including phenoxy) is 1. The van der Waals surface area contributed by atoms with Crippen molar-refractivity contribution in [3.05, 3.63) is 64.7 Å². The summed E-state index contributed by atoms with van der Waals surface area (Å²) in [6.45, 7) is 2.35. The van der Waals surface area contributed by atoms with Gasteiger partial charge in [-0.3, -0.25) is 4.79 Å². The van der Waals surface area contributed by atoms with Gasteiger partial charge < -0.3 is 15.2 Å². The Morgan fingerprint density at radius 3 is 2.52 bits per heavy atom. The summed E-state index contributed by atoms with van der Waals surface area (Å²) in [5.74, 6) is -0.970. The highest BCUT2D eigenvalue weighted by molar-refractivity contribution is 6.00. The molecule has 5 nitrogen and oxygen atoms in total. The molecule has 0 radical (unpaired) electrons. The fourth-order valence-electron chi connectivity index (χ4n) is 2.96. The molecule has 118 valence electrons. The number of aromatic carboxylic acids is 1. The molecule has 1 aliphatic heterocycles. The molecule has 0 spiro atoms. The lowest BCUT2D eigenvalue weighted by atomic mass is 9.77. The smallest absolute Gasteiger partial charge is 0.335 e. The number of carboxylic acids is 1. The van der Waals surface area contributed by atoms with Crippen molar-refractivity contribution < 1.29 is 19.4 Å². The summed E-state index contributed by atoms with van der Waals surface area (Å²) in [7, 11) is 1.51. The zero-order valence-corrected chi connectivity index (χ0v) is 12.9. The molecule has 0 fully saturated rings. The molecule has 1 amide bonds. The van der Waals surface area contributed by atoms with Gasteiger partial charge in [0.15, 0.2) is 0 Å². The van der Waals surface area contributed by atoms with Crippen molar-refractivity contribution in [1.29, 1.82) is 0 Å². The standard InChI is InChI=1S/C18H17NO4/c1-18(12-6-4-3-5-7-12)10-23-15-13(16(20)19-2)8-11(17(21)22)9-14(15)18/h3-9H,10H2,1-2H3,(H,19,20)(H,21,22)/t18-/m1/s1. The van der Waals surface area contributed by atoms with E-state index in [1.54, 1.807) is 6.07 Å². The average Bonchev–Trinajstić information content (AvgIpc) is 2.92. The summed E-state index contributed by atoms with van der Waals surface area (Å²) in [4.78, 5) is 23.6. The first kappa shape index (κ1) is 15.1. The minimum absolute atomic E-state index is 0.0787. The largest absolute Gasteiger partial charge is 0.491 e. The van der Waals surface area contributed by atoms with Crippen LogP contribution in [0.2, 0.25) is 0 Å². The van der Waals surface area contributed by atoms with Gasteiger partial charge in [0, 0.05) is 12.6 Å². The van der Waals surface area contributed by atoms with Crippen LogP contribution in [0, 0.1) is 0 Å². The second-order valence-corrected chi connectivity index (χ2v) is 5.77. The van der Waals surface area contributed by atoms with Gasteiger partial charge in [-0.15, -0.1) is 0 Å². The number of carbonyl (C=O) groups excluding carboxylic acids is 1. The Bertz CT molecular complexity index is 785. The molecular weight excluding hydrogens is 294 g/mol. The van der Waals surface area contributed by atoms with Crippen LogP contribution in [0.1, 0.15) is 38.8 Å². The van der Waals surface area contributed by atoms with Gasteiger partial charge in [-0.1, -0.05) is 30.3 Å². The highest BCUT2D eigenvalue weighted by Crippen LogP contribution is 2.45. The molecule has 0 unspecified atom stereocenters. The fourth-order valence-corrected chi connectivity index (χ4v) is 2.96. The van der Waals surface area contributed by atoms with Crippen LogP contribution < -0.4 is 10.1 Å². The lowest BCUT2D eigenvalue weighted by Crippen LogP contribution is -2.25. The average molecular weight is 311 g/mol. The first-order valence-corrected chi connectivity index (χ1v) is 7.29. The third-order valence-electron chi connectivity index (χ3n) is 4.32. The van der Waals surface area contributed by atoms with Crippen LogP contribution in [0.25, 0.3) is 0 Å². The van der Waals surface area contributed by atoms with E-state index < -0.39 is 11.4 Å². The molecule has 0 aromatic heterocycles. The van der Waals surface area contributed by atoms with Crippen LogP contribution in [0.15, 0.2) is 42.5 Å². The summed E-state index contributed by atoms with van der Waals surface area (Å²) in [5.41, 5.74) is 1.58. The summed E-state index contributed by atoms with van der Waals surface area (Å²) >= 11 is 0. The number of carboxylic acid groups (broad SMARTS) is 1. The maximum absolute atomic E-state index is 12.1. The van der Waals surface area contributed by atoms with Gasteiger partial charge in [0.2, 0.25) is 0 Å². The molecule has 1 atom stereocenters. The second-order valence-electron chi connectivity index (χ2n) is 5.77. The van der Waals surface area contributed by atoms with Gasteiger partial charge in [0.25, 0.3) is 5.91 Å². The third kappa shape index (κ3) is 2.34. The van der Waals surface area contributed by atoms with E-state index >= 15 is 0 Å². The summed E-state index contributed by atoms with van der Waals surface area (Å²) in [6.07, 6.45) is 0. The topological polar surface area (TPSA) is 75.6 Å². The third-order valence-corrected chi connectivity index (χ3v) is 4.32. The quantitative estimate of drug-likeness (QED) is 0.913. The number of benzene rings is 2. The maximum Gasteiger partial charge on any atom is 0.335 e. The number of amides is 1. The van der Waals surface area contributed by atoms with Crippen molar-refractivity contribution in [2.45, 2.75) is 12.3 Å². The molecule has 0 bridgehead atoms. The van der Waals surface area contributed by atoms with Crippen LogP contribution in [-0.2, 0) is 5.41 Å². The van der Waals surface area contributed by atoms with Crippen molar-refractivity contribution in [3.8, 4) is 5.75 Å². The Hall–Kier alpha value is -2.82. The molecule has 0 saturated heterocycles. The SMILES string of the molecule is CNC(=O)c1cc(C(=O)O)cc2c1OC[C@]2(C)c1ccccc1. The zero-order valence-electron chi connectivity index (χ0n) is 12.9. The van der Waals surface area contributed by atoms with Gasteiger partial charge in [-0.2, -0.15) is 0 Å². The number of carbonyl (C=O) groups is 2. The number of hydrogen-bond donors (Lipinski definition) is 2. The molecule has 23 heavy (non-hydrogen) atoms. The molecule has 0 saturated carbocycles. The van der Waals surface area contributed by atoms with Crippen molar-refractivity contribution >= 4 is 11.9 Å². The molecule has 2 N–H and O–H groups in total. The van der Waals surface area contributed by atoms with E-state index in [4.69, 9.17) is 4.74 Å². The normalized spacial score (nSPS) is 18.9. The molecule has 2 aromatic carbocycles. The van der Waals surface area contributed by atoms with E-state index in [0.717, 1.165) is 11.1 Å². The van der Waals surface area contributed by atoms with Gasteiger partial charge in [0.1, 0.15) is 12.4 Å². The van der Waals surface area contributed by atoms with Crippen molar-refractivity contribution in [3.63, 3.8) is 0 Å². The molecule has 2 aromatic rings. The minimum atomic E-state index is -1.07. The Balaban J connectivity index is 2.24. The maximum atomic E-state index is 12.1. The van der Waals surface area contributed by atoms with E-state index in [-0.39, 0.29) is 17.0 Å². The van der Waals surface area contributed by atoms with E-state index in [1.165, 1.54) is 13.1 Å². The van der Waals surface area contributed by atoms with Crippen molar-refractivity contribution in [2.24, 2.45) is 0 Å². The summed E-state index contributed by atoms with van der Waals surface area (Å²) < 4.78 is 5.80. The second kappa shape index (κ2) is 5.43. The Labute approximate surface area is 133 Å². The molecule has 1 aliphatic rings. The van der Waals surface area contributed by atoms with Crippen molar-refractivity contribution in [1.82, 2.24) is 5.32 Å². The number of hydrogen-bond acceptors (Lipinski definition) is 3.